The number of nitrogens with one attached hydrogen (secondary N) is 2. The van der Waals surface area contributed by atoms with Crippen LogP contribution < -0.4 is 16.3 Å². The monoisotopic (exact) mass is 336 g/mol. The Hall–Kier alpha value is -2.08. The molecule has 1 heterocycles. The van der Waals surface area contributed by atoms with Crippen LogP contribution in [0.25, 0.3) is 11.4 Å². The third-order valence-electron chi connectivity index (χ3n) is 3.51. The Morgan fingerprint density at radius 3 is 2.74 bits per heavy atom. The van der Waals surface area contributed by atoms with Gasteiger partial charge in [-0.05, 0) is 23.6 Å². The van der Waals surface area contributed by atoms with Crippen LogP contribution in [-0.2, 0) is 6.54 Å². The average Bonchev–Trinajstić information content (AvgIpc) is 2.69. The van der Waals surface area contributed by atoms with E-state index in [1.54, 1.807) is 4.57 Å². The Bertz CT molecular complexity index is 699. The zero-order valence-corrected chi connectivity index (χ0v) is 14.1. The standard InChI is InChI=1S/C16H21ClN4O2/c1-11(2)12-4-3-5-14-13(10-12)20-16(23)21(14)9-8-19-15(22)18-7-6-17/h3-5,10-11H,6-9H2,1-2H3,(H2,18,19,22). The Labute approximate surface area is 140 Å². The number of urea groups is 1. The fourth-order valence-electron chi connectivity index (χ4n) is 2.28. The molecule has 124 valence electrons. The predicted molar refractivity (Wildman–Crippen MR) is 91.3 cm³/mol. The summed E-state index contributed by atoms with van der Waals surface area (Å²) in [4.78, 5) is 27.6. The van der Waals surface area contributed by atoms with E-state index in [0.29, 0.717) is 37.1 Å². The van der Waals surface area contributed by atoms with Crippen molar-refractivity contribution in [1.29, 1.82) is 0 Å². The van der Waals surface area contributed by atoms with Crippen molar-refractivity contribution >= 4 is 17.6 Å². The van der Waals surface area contributed by atoms with Crippen molar-refractivity contribution in [3.05, 3.63) is 40.3 Å². The Morgan fingerprint density at radius 2 is 2.04 bits per heavy atom. The number of fused-ring (bicyclic) bond motifs is 1. The summed E-state index contributed by atoms with van der Waals surface area (Å²) in [5, 5.41) is 5.29. The zero-order valence-electron chi connectivity index (χ0n) is 13.3. The van der Waals surface area contributed by atoms with Gasteiger partial charge in [0.1, 0.15) is 0 Å². The first kappa shape index (κ1) is 17.3. The number of carbonyl (C=O) groups excluding carboxylic acids is 1. The fourth-order valence-corrected chi connectivity index (χ4v) is 2.37. The molecule has 0 bridgehead atoms. The number of amides is 2. The molecule has 2 rings (SSSR count). The normalized spacial score (nSPS) is 11.0. The van der Waals surface area contributed by atoms with Crippen molar-refractivity contribution < 1.29 is 4.79 Å². The van der Waals surface area contributed by atoms with Gasteiger partial charge in [0.25, 0.3) is 0 Å². The van der Waals surface area contributed by atoms with Crippen LogP contribution in [0.1, 0.15) is 25.3 Å². The molecular formula is C16H21ClN4O2. The predicted octanol–water partition coefficient (Wildman–Crippen LogP) is 2.01. The molecule has 1 aliphatic carbocycles. The zero-order chi connectivity index (χ0) is 16.8. The van der Waals surface area contributed by atoms with Crippen molar-refractivity contribution in [1.82, 2.24) is 20.2 Å². The fraction of sp³-hybridized carbons (Fsp3) is 0.438. The van der Waals surface area contributed by atoms with Crippen LogP contribution in [0.5, 0.6) is 0 Å². The summed E-state index contributed by atoms with van der Waals surface area (Å²) >= 11 is 5.50. The van der Waals surface area contributed by atoms with E-state index in [9.17, 15) is 9.59 Å². The van der Waals surface area contributed by atoms with Gasteiger partial charge in [0.15, 0.2) is 0 Å². The number of hydrogen-bond acceptors (Lipinski definition) is 3. The number of nitrogens with zero attached hydrogens (tertiary/aromatic N) is 2. The molecule has 2 N–H and O–H groups in total. The summed E-state index contributed by atoms with van der Waals surface area (Å²) in [7, 11) is 0. The molecule has 0 atom stereocenters. The summed E-state index contributed by atoms with van der Waals surface area (Å²) in [6.07, 6.45) is 0. The maximum Gasteiger partial charge on any atom is 0.348 e. The molecule has 2 aliphatic rings. The highest BCUT2D eigenvalue weighted by atomic mass is 35.5. The third kappa shape index (κ3) is 4.45. The van der Waals surface area contributed by atoms with Gasteiger partial charge in [0, 0.05) is 25.5 Å². The Kier molecular flexibility index (Phi) is 5.98. The number of halogens is 1. The summed E-state index contributed by atoms with van der Waals surface area (Å²) in [6, 6.07) is 7.48. The lowest BCUT2D eigenvalue weighted by Gasteiger charge is -2.07. The van der Waals surface area contributed by atoms with Crippen LogP contribution in [0.2, 0.25) is 0 Å². The van der Waals surface area contributed by atoms with E-state index >= 15 is 0 Å². The summed E-state index contributed by atoms with van der Waals surface area (Å²) < 4.78 is 1.57. The van der Waals surface area contributed by atoms with E-state index in [4.69, 9.17) is 11.6 Å². The second-order valence-electron chi connectivity index (χ2n) is 5.51. The molecule has 0 saturated carbocycles. The largest absolute Gasteiger partial charge is 0.348 e. The average molecular weight is 337 g/mol. The van der Waals surface area contributed by atoms with Gasteiger partial charge in [-0.15, -0.1) is 11.6 Å². The van der Waals surface area contributed by atoms with E-state index in [-0.39, 0.29) is 11.7 Å². The minimum Gasteiger partial charge on any atom is -0.337 e. The van der Waals surface area contributed by atoms with E-state index < -0.39 is 0 Å². The first-order valence-corrected chi connectivity index (χ1v) is 8.14. The maximum absolute atomic E-state index is 12.1. The first-order valence-electron chi connectivity index (χ1n) is 7.61. The highest BCUT2D eigenvalue weighted by Crippen LogP contribution is 2.21. The van der Waals surface area contributed by atoms with E-state index in [1.807, 2.05) is 24.3 Å². The maximum atomic E-state index is 12.1. The second-order valence-corrected chi connectivity index (χ2v) is 5.89. The van der Waals surface area contributed by atoms with Crippen LogP contribution in [0.3, 0.4) is 0 Å². The molecule has 0 aromatic heterocycles. The Balaban J connectivity index is 2.10. The molecule has 0 aromatic carbocycles. The number of rotatable bonds is 6. The number of aromatic nitrogens is 2. The molecule has 0 unspecified atom stereocenters. The molecular weight excluding hydrogens is 316 g/mol. The van der Waals surface area contributed by atoms with Crippen molar-refractivity contribution in [3.8, 4) is 11.4 Å². The van der Waals surface area contributed by atoms with Gasteiger partial charge in [-0.2, -0.15) is 4.98 Å². The molecule has 0 radical (unpaired) electrons. The van der Waals surface area contributed by atoms with Gasteiger partial charge in [-0.1, -0.05) is 26.0 Å². The highest BCUT2D eigenvalue weighted by Gasteiger charge is 2.14. The molecule has 0 fully saturated rings. The summed E-state index contributed by atoms with van der Waals surface area (Å²) in [5.41, 5.74) is 2.27. The summed E-state index contributed by atoms with van der Waals surface area (Å²) in [5.74, 6) is 0.719. The van der Waals surface area contributed by atoms with Gasteiger partial charge in [-0.3, -0.25) is 4.57 Å². The van der Waals surface area contributed by atoms with Gasteiger partial charge >= 0.3 is 11.7 Å². The number of imidazole rings is 1. The van der Waals surface area contributed by atoms with E-state index in [0.717, 1.165) is 11.3 Å². The smallest absolute Gasteiger partial charge is 0.337 e. The second kappa shape index (κ2) is 7.97. The highest BCUT2D eigenvalue weighted by molar-refractivity contribution is 6.18. The van der Waals surface area contributed by atoms with Crippen LogP contribution in [-0.4, -0.2) is 34.6 Å². The topological polar surface area (TPSA) is 76.0 Å². The van der Waals surface area contributed by atoms with Crippen LogP contribution in [0, 0.1) is 0 Å². The minimum absolute atomic E-state index is 0.296. The van der Waals surface area contributed by atoms with E-state index in [2.05, 4.69) is 29.5 Å². The number of carbonyl (C=O) groups is 1. The van der Waals surface area contributed by atoms with Gasteiger partial charge in [0.05, 0.1) is 11.4 Å². The minimum atomic E-state index is -0.302. The molecule has 1 aliphatic heterocycles. The molecule has 0 saturated heterocycles. The third-order valence-corrected chi connectivity index (χ3v) is 3.70. The number of alkyl halides is 1. The lowest BCUT2D eigenvalue weighted by atomic mass is 10.1. The van der Waals surface area contributed by atoms with Gasteiger partial charge in [0.2, 0.25) is 0 Å². The Morgan fingerprint density at radius 1 is 1.30 bits per heavy atom. The lowest BCUT2D eigenvalue weighted by Crippen LogP contribution is -2.38. The molecule has 23 heavy (non-hydrogen) atoms. The SMILES string of the molecule is CC(C)c1cccc2n(CCNC(=O)NCCCl)c(=O)nc-2c1. The van der Waals surface area contributed by atoms with Gasteiger partial charge in [-0.25, -0.2) is 9.59 Å². The quantitative estimate of drug-likeness (QED) is 0.792. The number of hydrogen-bond donors (Lipinski definition) is 2. The first-order chi connectivity index (χ1) is 11.0. The van der Waals surface area contributed by atoms with Gasteiger partial charge < -0.3 is 10.6 Å². The van der Waals surface area contributed by atoms with Crippen LogP contribution in [0.4, 0.5) is 4.79 Å². The van der Waals surface area contributed by atoms with Crippen molar-refractivity contribution in [3.63, 3.8) is 0 Å². The summed E-state index contributed by atoms with van der Waals surface area (Å²) in [6.45, 7) is 5.30. The van der Waals surface area contributed by atoms with Crippen molar-refractivity contribution in [2.45, 2.75) is 26.3 Å². The molecule has 0 aromatic rings. The molecule has 7 heteroatoms. The van der Waals surface area contributed by atoms with Crippen molar-refractivity contribution in [2.24, 2.45) is 0 Å². The molecule has 6 nitrogen and oxygen atoms in total. The van der Waals surface area contributed by atoms with Crippen LogP contribution in [0.15, 0.2) is 29.1 Å². The molecule has 0 spiro atoms. The van der Waals surface area contributed by atoms with E-state index in [1.165, 1.54) is 0 Å². The van der Waals surface area contributed by atoms with Crippen molar-refractivity contribution in [2.75, 3.05) is 19.0 Å². The molecule has 2 amide bonds. The van der Waals surface area contributed by atoms with Crippen LogP contribution >= 0.6 is 11.6 Å². The lowest BCUT2D eigenvalue weighted by molar-refractivity contribution is 0.241.